The number of imidazole rings is 1. The van der Waals surface area contributed by atoms with Crippen LogP contribution in [-0.4, -0.2) is 62.9 Å². The van der Waals surface area contributed by atoms with Crippen molar-refractivity contribution in [3.63, 3.8) is 0 Å². The predicted octanol–water partition coefficient (Wildman–Crippen LogP) is 3.97. The van der Waals surface area contributed by atoms with E-state index in [9.17, 15) is 14.7 Å². The molecule has 0 spiro atoms. The Balaban J connectivity index is 1.50. The largest absolute Gasteiger partial charge is 0.497 e. The molecule has 0 amide bonds. The quantitative estimate of drug-likeness (QED) is 0.180. The molecule has 2 aromatic heterocycles. The van der Waals surface area contributed by atoms with E-state index in [1.165, 1.54) is 6.33 Å². The number of aliphatic hydroxyl groups excluding tert-OH is 1. The van der Waals surface area contributed by atoms with E-state index in [2.05, 4.69) is 15.0 Å². The Labute approximate surface area is 271 Å². The fourth-order valence-electron chi connectivity index (χ4n) is 6.11. The summed E-state index contributed by atoms with van der Waals surface area (Å²) >= 11 is 0. The number of carbonyl (C=O) groups excluding carboxylic acids is 1. The topological polar surface area (TPSA) is 164 Å². The average Bonchev–Trinajstić information content (AvgIpc) is 3.69. The van der Waals surface area contributed by atoms with E-state index in [0.29, 0.717) is 11.5 Å². The number of aliphatic hydroxyl groups is 1. The van der Waals surface area contributed by atoms with Gasteiger partial charge >= 0.3 is 0 Å². The molecule has 1 unspecified atom stereocenters. The Hall–Kier alpha value is -5.04. The van der Waals surface area contributed by atoms with Gasteiger partial charge in [0.1, 0.15) is 35.5 Å². The molecule has 244 valence electrons. The number of fused-ring (bicyclic) bond motifs is 1. The molecule has 1 saturated heterocycles. The second kappa shape index (κ2) is 13.0. The highest BCUT2D eigenvalue weighted by Gasteiger charge is 2.50. The van der Waals surface area contributed by atoms with E-state index >= 15 is 0 Å². The lowest BCUT2D eigenvalue weighted by atomic mass is 9.79. The lowest BCUT2D eigenvalue weighted by Crippen LogP contribution is -2.49. The number of aromatic amines is 1. The van der Waals surface area contributed by atoms with E-state index in [0.717, 1.165) is 16.7 Å². The van der Waals surface area contributed by atoms with Gasteiger partial charge in [0.25, 0.3) is 5.56 Å². The fraction of sp³-hybridized carbons (Fsp3) is 0.314. The molecule has 5 aromatic rings. The monoisotopic (exact) mass is 639 g/mol. The van der Waals surface area contributed by atoms with Crippen LogP contribution in [0.15, 0.2) is 90.0 Å². The number of hydrogen-bond donors (Lipinski definition) is 3. The first kappa shape index (κ1) is 31.9. The molecule has 3 aromatic carbocycles. The third kappa shape index (κ3) is 5.86. The van der Waals surface area contributed by atoms with Gasteiger partial charge in [-0.05, 0) is 41.0 Å². The number of nitrogens with two attached hydrogens (primary N) is 1. The Morgan fingerprint density at radius 2 is 1.55 bits per heavy atom. The number of benzene rings is 3. The number of nitrogens with one attached hydrogen (secondary N) is 1. The lowest BCUT2D eigenvalue weighted by molar-refractivity contribution is -0.168. The number of H-pyrrole nitrogens is 1. The van der Waals surface area contributed by atoms with Crippen molar-refractivity contribution in [1.29, 1.82) is 0 Å². The van der Waals surface area contributed by atoms with Crippen molar-refractivity contribution >= 4 is 22.9 Å². The number of anilines is 1. The van der Waals surface area contributed by atoms with Crippen molar-refractivity contribution in [2.24, 2.45) is 5.92 Å². The van der Waals surface area contributed by atoms with Gasteiger partial charge in [-0.15, -0.1) is 0 Å². The molecule has 1 aliphatic rings. The first-order valence-corrected chi connectivity index (χ1v) is 15.3. The van der Waals surface area contributed by atoms with Crippen molar-refractivity contribution in [1.82, 2.24) is 19.5 Å². The maximum atomic E-state index is 14.2. The van der Waals surface area contributed by atoms with Gasteiger partial charge in [-0.2, -0.15) is 4.98 Å². The van der Waals surface area contributed by atoms with Crippen LogP contribution in [0, 0.1) is 5.92 Å². The van der Waals surface area contributed by atoms with Gasteiger partial charge in [0, 0.05) is 12.3 Å². The second-order valence-electron chi connectivity index (χ2n) is 11.7. The Bertz CT molecular complexity index is 1860. The number of carbonyl (C=O) groups is 1. The number of methoxy groups -OCH3 is 2. The zero-order valence-corrected chi connectivity index (χ0v) is 26.5. The molecule has 0 saturated carbocycles. The molecule has 0 aliphatic carbocycles. The number of ether oxygens (including phenoxy) is 4. The zero-order valence-electron chi connectivity index (χ0n) is 26.5. The van der Waals surface area contributed by atoms with Crippen LogP contribution in [-0.2, 0) is 19.9 Å². The highest BCUT2D eigenvalue weighted by molar-refractivity contribution is 5.86. The number of aromatic nitrogens is 4. The highest BCUT2D eigenvalue weighted by Crippen LogP contribution is 2.45. The van der Waals surface area contributed by atoms with Gasteiger partial charge in [0.05, 0.1) is 26.7 Å². The maximum absolute atomic E-state index is 14.2. The number of ketones is 1. The molecular weight excluding hydrogens is 602 g/mol. The summed E-state index contributed by atoms with van der Waals surface area (Å²) < 4.78 is 26.1. The molecule has 4 N–H and O–H groups in total. The molecule has 1 fully saturated rings. The summed E-state index contributed by atoms with van der Waals surface area (Å²) in [5.41, 5.74) is 6.45. The van der Waals surface area contributed by atoms with Gasteiger partial charge in [-0.3, -0.25) is 19.1 Å². The van der Waals surface area contributed by atoms with Gasteiger partial charge in [-0.25, -0.2) is 4.98 Å². The van der Waals surface area contributed by atoms with E-state index in [1.807, 2.05) is 78.9 Å². The van der Waals surface area contributed by atoms with Gasteiger partial charge in [0.2, 0.25) is 5.95 Å². The van der Waals surface area contributed by atoms with Crippen LogP contribution < -0.4 is 20.8 Å². The van der Waals surface area contributed by atoms with Crippen molar-refractivity contribution < 1.29 is 28.8 Å². The summed E-state index contributed by atoms with van der Waals surface area (Å²) in [6, 6.07) is 24.5. The molecule has 0 radical (unpaired) electrons. The molecule has 47 heavy (non-hydrogen) atoms. The molecule has 1 aliphatic heterocycles. The van der Waals surface area contributed by atoms with Crippen LogP contribution in [0.3, 0.4) is 0 Å². The van der Waals surface area contributed by atoms with Crippen LogP contribution in [0.2, 0.25) is 0 Å². The molecule has 12 heteroatoms. The van der Waals surface area contributed by atoms with Crippen LogP contribution >= 0.6 is 0 Å². The fourth-order valence-corrected chi connectivity index (χ4v) is 6.11. The average molecular weight is 640 g/mol. The van der Waals surface area contributed by atoms with E-state index in [1.54, 1.807) is 32.6 Å². The number of rotatable bonds is 11. The Morgan fingerprint density at radius 1 is 0.979 bits per heavy atom. The van der Waals surface area contributed by atoms with Crippen molar-refractivity contribution in [2.75, 3.05) is 20.0 Å². The minimum atomic E-state index is -1.35. The van der Waals surface area contributed by atoms with Crippen molar-refractivity contribution in [3.05, 3.63) is 112 Å². The SMILES string of the molecule is COc1ccc(C(OC(C(=O)C(C)C)[C@H]2O[C@@H](n3cnc4c(=O)[nH]c(N)nc43)C[C@@H]2O)(c2ccccc2)c2ccc(OC)cc2)cc1. The van der Waals surface area contributed by atoms with Crippen molar-refractivity contribution in [3.8, 4) is 11.5 Å². The third-order valence-electron chi connectivity index (χ3n) is 8.52. The van der Waals surface area contributed by atoms with E-state index in [-0.39, 0.29) is 29.3 Å². The molecular formula is C35H37N5O7. The normalized spacial score (nSPS) is 18.8. The first-order valence-electron chi connectivity index (χ1n) is 15.3. The minimum Gasteiger partial charge on any atom is -0.497 e. The number of nitrogen functional groups attached to an aromatic ring is 1. The second-order valence-corrected chi connectivity index (χ2v) is 11.7. The number of hydrogen-bond acceptors (Lipinski definition) is 10. The van der Waals surface area contributed by atoms with E-state index < -0.39 is 41.6 Å². The van der Waals surface area contributed by atoms with Crippen LogP contribution in [0.4, 0.5) is 5.95 Å². The smallest absolute Gasteiger partial charge is 0.280 e. The van der Waals surface area contributed by atoms with Gasteiger partial charge in [0.15, 0.2) is 16.9 Å². The highest BCUT2D eigenvalue weighted by atomic mass is 16.6. The number of nitrogens with zero attached hydrogens (tertiary/aromatic N) is 3. The summed E-state index contributed by atoms with van der Waals surface area (Å²) in [5, 5.41) is 11.5. The zero-order chi connectivity index (χ0) is 33.3. The van der Waals surface area contributed by atoms with Crippen LogP contribution in [0.1, 0.15) is 43.2 Å². The van der Waals surface area contributed by atoms with Gasteiger partial charge in [-0.1, -0.05) is 68.4 Å². The Morgan fingerprint density at radius 3 is 2.11 bits per heavy atom. The molecule has 4 atom stereocenters. The van der Waals surface area contributed by atoms with Gasteiger partial charge < -0.3 is 29.8 Å². The minimum absolute atomic E-state index is 0.0777. The maximum Gasteiger partial charge on any atom is 0.280 e. The number of Topliss-reactive ketones (excluding diaryl/α,β-unsaturated/α-hetero) is 1. The molecule has 0 bridgehead atoms. The molecule has 6 rings (SSSR count). The molecule has 12 nitrogen and oxygen atoms in total. The lowest BCUT2D eigenvalue weighted by Gasteiger charge is -2.40. The predicted molar refractivity (Wildman–Crippen MR) is 174 cm³/mol. The standard InChI is InChI=1S/C35H37N5O7/c1-20(2)29(42)31(30-26(41)18-27(46-30)40-19-37-28-32(40)38-34(36)39-33(28)43)47-35(21-8-6-5-7-9-21,22-10-14-24(44-3)15-11-22)23-12-16-25(45-4)17-13-23/h5-17,19-20,26-27,30-31,41H,18H2,1-4H3,(H3,36,38,39,43)/t26-,27+,30-,31?/m0/s1. The summed E-state index contributed by atoms with van der Waals surface area (Å²) in [6.07, 6.45) is -2.77. The van der Waals surface area contributed by atoms with Crippen molar-refractivity contribution in [2.45, 2.75) is 50.4 Å². The van der Waals surface area contributed by atoms with E-state index in [4.69, 9.17) is 24.7 Å². The van der Waals surface area contributed by atoms with Crippen LogP contribution in [0.5, 0.6) is 11.5 Å². The summed E-state index contributed by atoms with van der Waals surface area (Å²) in [5.74, 6) is 0.495. The summed E-state index contributed by atoms with van der Waals surface area (Å²) in [6.45, 7) is 3.57. The molecule has 3 heterocycles. The summed E-state index contributed by atoms with van der Waals surface area (Å²) in [7, 11) is 3.19. The first-order chi connectivity index (χ1) is 22.7. The third-order valence-corrected chi connectivity index (χ3v) is 8.52. The summed E-state index contributed by atoms with van der Waals surface area (Å²) in [4.78, 5) is 37.5. The van der Waals surface area contributed by atoms with Crippen LogP contribution in [0.25, 0.3) is 11.2 Å². The Kier molecular flexibility index (Phi) is 8.82.